The van der Waals surface area contributed by atoms with Crippen molar-refractivity contribution in [1.82, 2.24) is 10.2 Å². The summed E-state index contributed by atoms with van der Waals surface area (Å²) in [6, 6.07) is 7.44. The van der Waals surface area contributed by atoms with Crippen LogP contribution < -0.4 is 5.32 Å². The number of rotatable bonds is 4. The molecule has 20 heavy (non-hydrogen) atoms. The van der Waals surface area contributed by atoms with Gasteiger partial charge in [-0.25, -0.2) is 8.42 Å². The Hall–Kier alpha value is -1.40. The molecule has 0 radical (unpaired) electrons. The molecule has 0 unspecified atom stereocenters. The molecule has 7 heteroatoms. The van der Waals surface area contributed by atoms with Gasteiger partial charge in [-0.05, 0) is 13.8 Å². The van der Waals surface area contributed by atoms with E-state index in [1.165, 1.54) is 6.26 Å². The molecule has 1 aromatic heterocycles. The summed E-state index contributed by atoms with van der Waals surface area (Å²) in [4.78, 5) is 0. The normalized spacial score (nSPS) is 12.6. The average Bonchev–Trinajstić information content (AvgIpc) is 2.37. The summed E-state index contributed by atoms with van der Waals surface area (Å²) < 4.78 is 22.5. The Kier molecular flexibility index (Phi) is 3.88. The predicted molar refractivity (Wildman–Crippen MR) is 82.0 cm³/mol. The maximum atomic E-state index is 11.7. The Balaban J connectivity index is 2.34. The number of nitrogens with one attached hydrogen (secondary N) is 1. The standard InChI is InChI=1S/C13H16ClN3O2S/c1-13(2,20(3,18)19)8-15-12-10-7-5-4-6-9(10)11(14)16-17-12/h4-7H,8H2,1-3H3,(H,15,17). The van der Waals surface area contributed by atoms with Crippen LogP contribution in [-0.4, -0.2) is 36.2 Å². The second-order valence-corrected chi connectivity index (χ2v) is 8.28. The summed E-state index contributed by atoms with van der Waals surface area (Å²) in [6.07, 6.45) is 1.22. The third kappa shape index (κ3) is 2.86. The minimum atomic E-state index is -3.17. The molecule has 1 N–H and O–H groups in total. The zero-order valence-electron chi connectivity index (χ0n) is 11.5. The molecule has 1 aromatic carbocycles. The number of hydrogen-bond acceptors (Lipinski definition) is 5. The van der Waals surface area contributed by atoms with Gasteiger partial charge >= 0.3 is 0 Å². The maximum Gasteiger partial charge on any atom is 0.159 e. The Morgan fingerprint density at radius 2 is 1.80 bits per heavy atom. The third-order valence-electron chi connectivity index (χ3n) is 3.33. The molecule has 2 rings (SSSR count). The second kappa shape index (κ2) is 5.18. The fourth-order valence-electron chi connectivity index (χ4n) is 1.63. The fraction of sp³-hybridized carbons (Fsp3) is 0.385. The molecule has 0 bridgehead atoms. The van der Waals surface area contributed by atoms with Crippen molar-refractivity contribution in [3.8, 4) is 0 Å². The van der Waals surface area contributed by atoms with Crippen molar-refractivity contribution in [1.29, 1.82) is 0 Å². The molecule has 1 heterocycles. The number of hydrogen-bond donors (Lipinski definition) is 1. The lowest BCUT2D eigenvalue weighted by molar-refractivity contribution is 0.559. The molecule has 0 aliphatic rings. The van der Waals surface area contributed by atoms with E-state index in [0.717, 1.165) is 10.8 Å². The minimum Gasteiger partial charge on any atom is -0.366 e. The SMILES string of the molecule is CC(C)(CNc1nnc(Cl)c2ccccc12)S(C)(=O)=O. The van der Waals surface area contributed by atoms with Crippen LogP contribution in [0.15, 0.2) is 24.3 Å². The fourth-order valence-corrected chi connectivity index (χ4v) is 2.17. The van der Waals surface area contributed by atoms with E-state index in [0.29, 0.717) is 11.0 Å². The highest BCUT2D eigenvalue weighted by Gasteiger charge is 2.30. The largest absolute Gasteiger partial charge is 0.366 e. The van der Waals surface area contributed by atoms with Gasteiger partial charge in [0.15, 0.2) is 20.8 Å². The monoisotopic (exact) mass is 313 g/mol. The highest BCUT2D eigenvalue weighted by molar-refractivity contribution is 7.92. The molecule has 0 amide bonds. The summed E-state index contributed by atoms with van der Waals surface area (Å²) in [6.45, 7) is 3.58. The van der Waals surface area contributed by atoms with E-state index in [9.17, 15) is 8.42 Å². The molecule has 0 spiro atoms. The molecule has 0 atom stereocenters. The van der Waals surface area contributed by atoms with Crippen molar-refractivity contribution < 1.29 is 8.42 Å². The lowest BCUT2D eigenvalue weighted by Gasteiger charge is -2.23. The van der Waals surface area contributed by atoms with Crippen LogP contribution in [0.2, 0.25) is 5.15 Å². The van der Waals surface area contributed by atoms with Gasteiger partial charge in [-0.3, -0.25) is 0 Å². The molecule has 0 fully saturated rings. The van der Waals surface area contributed by atoms with E-state index in [4.69, 9.17) is 11.6 Å². The van der Waals surface area contributed by atoms with Crippen LogP contribution in [0.1, 0.15) is 13.8 Å². The second-order valence-electron chi connectivity index (χ2n) is 5.27. The number of halogens is 1. The van der Waals surface area contributed by atoms with Gasteiger partial charge in [-0.1, -0.05) is 35.9 Å². The van der Waals surface area contributed by atoms with Crippen LogP contribution in [-0.2, 0) is 9.84 Å². The summed E-state index contributed by atoms with van der Waals surface area (Å²) in [5.41, 5.74) is 0. The number of anilines is 1. The molecule has 108 valence electrons. The smallest absolute Gasteiger partial charge is 0.159 e. The highest BCUT2D eigenvalue weighted by atomic mass is 35.5. The van der Waals surface area contributed by atoms with Gasteiger partial charge in [0, 0.05) is 23.6 Å². The van der Waals surface area contributed by atoms with Crippen molar-refractivity contribution in [2.45, 2.75) is 18.6 Å². The van der Waals surface area contributed by atoms with E-state index in [2.05, 4.69) is 15.5 Å². The topological polar surface area (TPSA) is 72.0 Å². The van der Waals surface area contributed by atoms with Gasteiger partial charge in [0.2, 0.25) is 0 Å². The van der Waals surface area contributed by atoms with Crippen LogP contribution in [0, 0.1) is 0 Å². The van der Waals surface area contributed by atoms with Crippen LogP contribution in [0.3, 0.4) is 0 Å². The number of fused-ring (bicyclic) bond motifs is 1. The van der Waals surface area contributed by atoms with Gasteiger partial charge in [-0.15, -0.1) is 10.2 Å². The van der Waals surface area contributed by atoms with Crippen molar-refractivity contribution in [2.24, 2.45) is 0 Å². The first-order chi connectivity index (χ1) is 9.22. The van der Waals surface area contributed by atoms with E-state index in [1.54, 1.807) is 13.8 Å². The third-order valence-corrected chi connectivity index (χ3v) is 5.76. The number of aromatic nitrogens is 2. The van der Waals surface area contributed by atoms with Crippen LogP contribution in [0.25, 0.3) is 10.8 Å². The maximum absolute atomic E-state index is 11.7. The predicted octanol–water partition coefficient (Wildman–Crippen LogP) is 2.52. The van der Waals surface area contributed by atoms with Crippen molar-refractivity contribution >= 4 is 38.0 Å². The van der Waals surface area contributed by atoms with Crippen LogP contribution in [0.4, 0.5) is 5.82 Å². The van der Waals surface area contributed by atoms with E-state index in [1.807, 2.05) is 24.3 Å². The highest BCUT2D eigenvalue weighted by Crippen LogP contribution is 2.26. The molecular formula is C13H16ClN3O2S. The first-order valence-electron chi connectivity index (χ1n) is 6.07. The first kappa shape index (κ1) is 15.0. The number of nitrogens with zero attached hydrogens (tertiary/aromatic N) is 2. The quantitative estimate of drug-likeness (QED) is 0.939. The van der Waals surface area contributed by atoms with E-state index in [-0.39, 0.29) is 6.54 Å². The number of sulfone groups is 1. The van der Waals surface area contributed by atoms with Gasteiger partial charge in [0.05, 0.1) is 4.75 Å². The molecule has 0 aliphatic carbocycles. The van der Waals surface area contributed by atoms with Crippen LogP contribution >= 0.6 is 11.6 Å². The molecule has 5 nitrogen and oxygen atoms in total. The van der Waals surface area contributed by atoms with Gasteiger partial charge in [0.1, 0.15) is 0 Å². The Bertz CT molecular complexity index is 744. The van der Waals surface area contributed by atoms with Crippen molar-refractivity contribution in [3.05, 3.63) is 29.4 Å². The zero-order valence-corrected chi connectivity index (χ0v) is 13.1. The zero-order chi connectivity index (χ0) is 15.0. The molecule has 0 saturated carbocycles. The molecule has 0 saturated heterocycles. The molecule has 2 aromatic rings. The van der Waals surface area contributed by atoms with Crippen LogP contribution in [0.5, 0.6) is 0 Å². The van der Waals surface area contributed by atoms with Crippen molar-refractivity contribution in [3.63, 3.8) is 0 Å². The van der Waals surface area contributed by atoms with Gasteiger partial charge in [0.25, 0.3) is 0 Å². The summed E-state index contributed by atoms with van der Waals surface area (Å²) in [5.74, 6) is 0.529. The Morgan fingerprint density at radius 1 is 1.20 bits per heavy atom. The summed E-state index contributed by atoms with van der Waals surface area (Å²) >= 11 is 5.99. The van der Waals surface area contributed by atoms with Crippen molar-refractivity contribution in [2.75, 3.05) is 18.1 Å². The lowest BCUT2D eigenvalue weighted by atomic mass is 10.1. The molecule has 0 aliphatic heterocycles. The summed E-state index contributed by atoms with van der Waals surface area (Å²) in [5, 5.41) is 12.9. The van der Waals surface area contributed by atoms with Gasteiger partial charge < -0.3 is 5.32 Å². The lowest BCUT2D eigenvalue weighted by Crippen LogP contribution is -2.38. The molecular weight excluding hydrogens is 298 g/mol. The minimum absolute atomic E-state index is 0.242. The number of benzene rings is 1. The van der Waals surface area contributed by atoms with E-state index >= 15 is 0 Å². The first-order valence-corrected chi connectivity index (χ1v) is 8.34. The Morgan fingerprint density at radius 3 is 2.40 bits per heavy atom. The van der Waals surface area contributed by atoms with Gasteiger partial charge in [-0.2, -0.15) is 0 Å². The summed E-state index contributed by atoms with van der Waals surface area (Å²) in [7, 11) is -3.17. The van der Waals surface area contributed by atoms with E-state index < -0.39 is 14.6 Å². The Labute approximate surface area is 123 Å². The average molecular weight is 314 g/mol.